The Bertz CT molecular complexity index is 764. The molecular formula is C17H24N4O3. The zero-order valence-corrected chi connectivity index (χ0v) is 14.5. The summed E-state index contributed by atoms with van der Waals surface area (Å²) in [5, 5.41) is 5.99. The van der Waals surface area contributed by atoms with Crippen LogP contribution in [0.2, 0.25) is 0 Å². The summed E-state index contributed by atoms with van der Waals surface area (Å²) in [6, 6.07) is 5.01. The summed E-state index contributed by atoms with van der Waals surface area (Å²) in [5.74, 6) is 0. The van der Waals surface area contributed by atoms with E-state index in [-0.39, 0.29) is 11.6 Å². The molecule has 0 aliphatic carbocycles. The van der Waals surface area contributed by atoms with Gasteiger partial charge in [0.1, 0.15) is 11.1 Å². The molecule has 130 valence electrons. The van der Waals surface area contributed by atoms with Gasteiger partial charge in [-0.3, -0.25) is 9.78 Å². The van der Waals surface area contributed by atoms with E-state index in [0.717, 1.165) is 0 Å². The molecule has 2 aromatic heterocycles. The van der Waals surface area contributed by atoms with E-state index in [9.17, 15) is 9.59 Å². The van der Waals surface area contributed by atoms with E-state index < -0.39 is 11.7 Å². The number of aromatic amines is 1. The number of pyridine rings is 2. The number of aromatic nitrogens is 2. The molecule has 7 heteroatoms. The van der Waals surface area contributed by atoms with E-state index in [1.807, 2.05) is 33.8 Å². The molecule has 0 saturated heterocycles. The van der Waals surface area contributed by atoms with Crippen molar-refractivity contribution in [1.29, 1.82) is 0 Å². The van der Waals surface area contributed by atoms with Gasteiger partial charge in [0, 0.05) is 24.8 Å². The van der Waals surface area contributed by atoms with Crippen molar-refractivity contribution < 1.29 is 9.53 Å². The summed E-state index contributed by atoms with van der Waals surface area (Å²) in [7, 11) is 0. The SMILES string of the molecule is C[C@H](CCNc1cc(=O)[nH]c2cccnc12)NC(=O)OC(C)(C)C. The Morgan fingerprint density at radius 3 is 2.88 bits per heavy atom. The molecule has 0 bridgehead atoms. The molecule has 0 aliphatic rings. The fourth-order valence-corrected chi connectivity index (χ4v) is 2.23. The Kier molecular flexibility index (Phi) is 5.43. The number of hydrogen-bond acceptors (Lipinski definition) is 5. The molecular weight excluding hydrogens is 308 g/mol. The van der Waals surface area contributed by atoms with Gasteiger partial charge in [-0.15, -0.1) is 0 Å². The number of nitrogens with zero attached hydrogens (tertiary/aromatic N) is 1. The minimum atomic E-state index is -0.516. The summed E-state index contributed by atoms with van der Waals surface area (Å²) in [4.78, 5) is 30.4. The van der Waals surface area contributed by atoms with Gasteiger partial charge in [-0.25, -0.2) is 4.79 Å². The standard InChI is InChI=1S/C17H24N4O3/c1-11(20-16(23)24-17(2,3)4)7-9-18-13-10-14(22)21-12-6-5-8-19-15(12)13/h5-6,8,10-11H,7,9H2,1-4H3,(H,20,23)(H2,18,21,22)/t11-/m1/s1. The molecule has 0 aromatic carbocycles. The Balaban J connectivity index is 1.90. The molecule has 2 aromatic rings. The van der Waals surface area contributed by atoms with Crippen LogP contribution in [0.3, 0.4) is 0 Å². The number of fused-ring (bicyclic) bond motifs is 1. The number of H-pyrrole nitrogens is 1. The van der Waals surface area contributed by atoms with Gasteiger partial charge in [-0.1, -0.05) is 0 Å². The number of ether oxygens (including phenoxy) is 1. The van der Waals surface area contributed by atoms with Crippen LogP contribution in [0.15, 0.2) is 29.2 Å². The van der Waals surface area contributed by atoms with Crippen molar-refractivity contribution in [2.75, 3.05) is 11.9 Å². The number of alkyl carbamates (subject to hydrolysis) is 1. The van der Waals surface area contributed by atoms with Crippen LogP contribution in [-0.4, -0.2) is 34.2 Å². The first-order valence-corrected chi connectivity index (χ1v) is 7.96. The van der Waals surface area contributed by atoms with Gasteiger partial charge in [0.05, 0.1) is 11.2 Å². The molecule has 0 fully saturated rings. The van der Waals surface area contributed by atoms with Crippen LogP contribution in [0.5, 0.6) is 0 Å². The highest BCUT2D eigenvalue weighted by molar-refractivity contribution is 5.86. The highest BCUT2D eigenvalue weighted by atomic mass is 16.6. The second-order valence-corrected chi connectivity index (χ2v) is 6.71. The highest BCUT2D eigenvalue weighted by Crippen LogP contribution is 2.16. The van der Waals surface area contributed by atoms with Crippen molar-refractivity contribution in [3.8, 4) is 0 Å². The first-order valence-electron chi connectivity index (χ1n) is 7.96. The van der Waals surface area contributed by atoms with Gasteiger partial charge in [0.15, 0.2) is 0 Å². The van der Waals surface area contributed by atoms with Crippen molar-refractivity contribution in [3.63, 3.8) is 0 Å². The predicted molar refractivity (Wildman–Crippen MR) is 94.3 cm³/mol. The first-order chi connectivity index (χ1) is 11.2. The maximum Gasteiger partial charge on any atom is 0.407 e. The molecule has 0 aliphatic heterocycles. The number of anilines is 1. The summed E-state index contributed by atoms with van der Waals surface area (Å²) >= 11 is 0. The van der Waals surface area contributed by atoms with Crippen molar-refractivity contribution >= 4 is 22.8 Å². The summed E-state index contributed by atoms with van der Waals surface area (Å²) in [6.45, 7) is 7.96. The largest absolute Gasteiger partial charge is 0.444 e. The molecule has 0 radical (unpaired) electrons. The van der Waals surface area contributed by atoms with Crippen molar-refractivity contribution in [2.24, 2.45) is 0 Å². The van der Waals surface area contributed by atoms with Crippen molar-refractivity contribution in [2.45, 2.75) is 45.8 Å². The average molecular weight is 332 g/mol. The Hall–Kier alpha value is -2.57. The average Bonchev–Trinajstić information content (AvgIpc) is 2.44. The van der Waals surface area contributed by atoms with Crippen LogP contribution in [-0.2, 0) is 4.74 Å². The summed E-state index contributed by atoms with van der Waals surface area (Å²) in [5.41, 5.74) is 1.38. The third kappa shape index (κ3) is 5.26. The molecule has 1 atom stereocenters. The fourth-order valence-electron chi connectivity index (χ4n) is 2.23. The van der Waals surface area contributed by atoms with E-state index in [1.165, 1.54) is 6.07 Å². The molecule has 1 amide bonds. The predicted octanol–water partition coefficient (Wildman–Crippen LogP) is 2.64. The third-order valence-electron chi connectivity index (χ3n) is 3.25. The zero-order chi connectivity index (χ0) is 17.7. The van der Waals surface area contributed by atoms with Crippen molar-refractivity contribution in [3.05, 3.63) is 34.7 Å². The van der Waals surface area contributed by atoms with Gasteiger partial charge in [0.25, 0.3) is 5.56 Å². The summed E-state index contributed by atoms with van der Waals surface area (Å²) < 4.78 is 5.22. The van der Waals surface area contributed by atoms with Gasteiger partial charge in [-0.2, -0.15) is 0 Å². The first kappa shape index (κ1) is 17.8. The Labute approximate surface area is 140 Å². The lowest BCUT2D eigenvalue weighted by atomic mass is 10.2. The lowest BCUT2D eigenvalue weighted by molar-refractivity contribution is 0.0507. The lowest BCUT2D eigenvalue weighted by Crippen LogP contribution is -2.38. The number of nitrogens with one attached hydrogen (secondary N) is 3. The Morgan fingerprint density at radius 2 is 2.17 bits per heavy atom. The van der Waals surface area contributed by atoms with Crippen LogP contribution >= 0.6 is 0 Å². The minimum absolute atomic E-state index is 0.0615. The second-order valence-electron chi connectivity index (χ2n) is 6.71. The normalized spacial score (nSPS) is 12.7. The number of rotatable bonds is 5. The van der Waals surface area contributed by atoms with Gasteiger partial charge < -0.3 is 20.4 Å². The van der Waals surface area contributed by atoms with Crippen LogP contribution in [0.1, 0.15) is 34.1 Å². The minimum Gasteiger partial charge on any atom is -0.444 e. The van der Waals surface area contributed by atoms with Crippen LogP contribution in [0, 0.1) is 0 Å². The zero-order valence-electron chi connectivity index (χ0n) is 14.5. The smallest absolute Gasteiger partial charge is 0.407 e. The van der Waals surface area contributed by atoms with Gasteiger partial charge in [-0.05, 0) is 46.2 Å². The van der Waals surface area contributed by atoms with E-state index in [0.29, 0.717) is 29.7 Å². The molecule has 3 N–H and O–H groups in total. The van der Waals surface area contributed by atoms with Crippen LogP contribution < -0.4 is 16.2 Å². The maximum absolute atomic E-state index is 11.7. The number of carbonyl (C=O) groups excluding carboxylic acids is 1. The third-order valence-corrected chi connectivity index (χ3v) is 3.25. The number of carbonyl (C=O) groups is 1. The van der Waals surface area contributed by atoms with E-state index in [1.54, 1.807) is 12.3 Å². The highest BCUT2D eigenvalue weighted by Gasteiger charge is 2.17. The van der Waals surface area contributed by atoms with Crippen LogP contribution in [0.25, 0.3) is 11.0 Å². The second kappa shape index (κ2) is 7.33. The molecule has 24 heavy (non-hydrogen) atoms. The molecule has 2 heterocycles. The van der Waals surface area contributed by atoms with Crippen molar-refractivity contribution in [1.82, 2.24) is 15.3 Å². The molecule has 0 spiro atoms. The lowest BCUT2D eigenvalue weighted by Gasteiger charge is -2.22. The van der Waals surface area contributed by atoms with Gasteiger partial charge >= 0.3 is 6.09 Å². The molecule has 0 unspecified atom stereocenters. The molecule has 7 nitrogen and oxygen atoms in total. The monoisotopic (exact) mass is 332 g/mol. The number of hydrogen-bond donors (Lipinski definition) is 3. The van der Waals surface area contributed by atoms with E-state index in [4.69, 9.17) is 4.74 Å². The topological polar surface area (TPSA) is 96.1 Å². The fraction of sp³-hybridized carbons (Fsp3) is 0.471. The van der Waals surface area contributed by atoms with Crippen LogP contribution in [0.4, 0.5) is 10.5 Å². The molecule has 2 rings (SSSR count). The quantitative estimate of drug-likeness (QED) is 0.782. The number of amides is 1. The molecule has 0 saturated carbocycles. The Morgan fingerprint density at radius 1 is 1.42 bits per heavy atom. The van der Waals surface area contributed by atoms with Gasteiger partial charge in [0.2, 0.25) is 0 Å². The van der Waals surface area contributed by atoms with E-state index in [2.05, 4.69) is 20.6 Å². The summed E-state index contributed by atoms with van der Waals surface area (Å²) in [6.07, 6.45) is 1.93. The van der Waals surface area contributed by atoms with E-state index >= 15 is 0 Å². The maximum atomic E-state index is 11.7.